The molecule has 0 radical (unpaired) electrons. The molecule has 0 fully saturated rings. The average Bonchev–Trinajstić information content (AvgIpc) is 2.50. The monoisotopic (exact) mass is 268 g/mol. The number of hydrogen-bond donors (Lipinski definition) is 0. The normalized spacial score (nSPS) is 9.50. The lowest BCUT2D eigenvalue weighted by atomic mass is 10.0. The second-order valence-electron chi connectivity index (χ2n) is 4.89. The molecule has 0 aliphatic carbocycles. The minimum Gasteiger partial charge on any atom is -0.0919 e. The van der Waals surface area contributed by atoms with E-state index in [4.69, 9.17) is 0 Å². The lowest BCUT2D eigenvalue weighted by Gasteiger charge is -2.01. The van der Waals surface area contributed by atoms with Crippen molar-refractivity contribution >= 4 is 0 Å². The van der Waals surface area contributed by atoms with E-state index in [2.05, 4.69) is 57.2 Å². The van der Waals surface area contributed by atoms with E-state index in [1.54, 1.807) is 0 Å². The fraction of sp³-hybridized carbons (Fsp3) is 0.300. The highest BCUT2D eigenvalue weighted by molar-refractivity contribution is 5.17. The highest BCUT2D eigenvalue weighted by atomic mass is 14.0. The van der Waals surface area contributed by atoms with Crippen LogP contribution in [0.2, 0.25) is 0 Å². The second kappa shape index (κ2) is 12.2. The molecule has 0 nitrogen and oxygen atoms in total. The van der Waals surface area contributed by atoms with Crippen molar-refractivity contribution in [1.82, 2.24) is 0 Å². The van der Waals surface area contributed by atoms with Gasteiger partial charge in [0, 0.05) is 0 Å². The standard InChI is InChI=1S/C9H12.C7H8.C4H8/c1-8(2)9-6-4-3-5-7-9;1-7-5-3-2-4-6-7;1-3-4-2/h3-8H,1-2H3;2-6H,1H3;3-4H,1-2H3. The van der Waals surface area contributed by atoms with Gasteiger partial charge in [-0.15, -0.1) is 0 Å². The maximum atomic E-state index is 2.20. The summed E-state index contributed by atoms with van der Waals surface area (Å²) < 4.78 is 0. The summed E-state index contributed by atoms with van der Waals surface area (Å²) in [5, 5.41) is 0. The summed E-state index contributed by atoms with van der Waals surface area (Å²) in [5.74, 6) is 0.659. The zero-order valence-electron chi connectivity index (χ0n) is 13.5. The third-order valence-electron chi connectivity index (χ3n) is 2.74. The van der Waals surface area contributed by atoms with E-state index in [0.29, 0.717) is 5.92 Å². The van der Waals surface area contributed by atoms with Crippen LogP contribution in [0, 0.1) is 6.92 Å². The Balaban J connectivity index is 0.000000293. The molecule has 0 atom stereocenters. The highest BCUT2D eigenvalue weighted by Gasteiger charge is 1.93. The highest BCUT2D eigenvalue weighted by Crippen LogP contribution is 2.11. The van der Waals surface area contributed by atoms with E-state index in [-0.39, 0.29) is 0 Å². The average molecular weight is 268 g/mol. The summed E-state index contributed by atoms with van der Waals surface area (Å²) in [6.45, 7) is 10.5. The molecule has 0 bridgehead atoms. The zero-order chi connectivity index (χ0) is 15.2. The largest absolute Gasteiger partial charge is 0.0919 e. The molecule has 0 aromatic heterocycles. The molecule has 0 heteroatoms. The summed E-state index contributed by atoms with van der Waals surface area (Å²) in [7, 11) is 0. The first-order chi connectivity index (χ1) is 9.61. The topological polar surface area (TPSA) is 0 Å². The van der Waals surface area contributed by atoms with E-state index < -0.39 is 0 Å². The van der Waals surface area contributed by atoms with Crippen LogP contribution in [0.3, 0.4) is 0 Å². The van der Waals surface area contributed by atoms with Crippen molar-refractivity contribution in [3.05, 3.63) is 83.9 Å². The lowest BCUT2D eigenvalue weighted by molar-refractivity contribution is 0.867. The number of aryl methyl sites for hydroxylation is 1. The molecule has 0 saturated heterocycles. The number of rotatable bonds is 1. The Morgan fingerprint density at radius 1 is 0.700 bits per heavy atom. The minimum absolute atomic E-state index is 0.659. The quantitative estimate of drug-likeness (QED) is 0.526. The summed E-state index contributed by atoms with van der Waals surface area (Å²) in [6, 6.07) is 20.8. The Bertz CT molecular complexity index is 434. The van der Waals surface area contributed by atoms with Crippen LogP contribution in [-0.4, -0.2) is 0 Å². The van der Waals surface area contributed by atoms with Crippen molar-refractivity contribution in [3.8, 4) is 0 Å². The molecule has 0 aliphatic rings. The van der Waals surface area contributed by atoms with Gasteiger partial charge < -0.3 is 0 Å². The molecule has 0 spiro atoms. The molecule has 2 aromatic carbocycles. The van der Waals surface area contributed by atoms with Gasteiger partial charge in [0.2, 0.25) is 0 Å². The van der Waals surface area contributed by atoms with Gasteiger partial charge in [-0.25, -0.2) is 0 Å². The molecule has 0 aliphatic heterocycles. The maximum Gasteiger partial charge on any atom is -0.0219 e. The smallest absolute Gasteiger partial charge is 0.0219 e. The predicted molar refractivity (Wildman–Crippen MR) is 92.2 cm³/mol. The van der Waals surface area contributed by atoms with Gasteiger partial charge >= 0.3 is 0 Å². The molecule has 108 valence electrons. The Morgan fingerprint density at radius 2 is 1.10 bits per heavy atom. The Hall–Kier alpha value is -1.82. The second-order valence-corrected chi connectivity index (χ2v) is 4.89. The number of benzene rings is 2. The predicted octanol–water partition coefficient (Wildman–Crippen LogP) is 6.39. The van der Waals surface area contributed by atoms with Crippen LogP contribution in [-0.2, 0) is 0 Å². The summed E-state index contributed by atoms with van der Waals surface area (Å²) in [4.78, 5) is 0. The first kappa shape index (κ1) is 18.2. The van der Waals surface area contributed by atoms with Gasteiger partial charge in [0.05, 0.1) is 0 Å². The van der Waals surface area contributed by atoms with E-state index in [9.17, 15) is 0 Å². The first-order valence-electron chi connectivity index (χ1n) is 7.25. The Kier molecular flexibility index (Phi) is 11.1. The summed E-state index contributed by atoms with van der Waals surface area (Å²) >= 11 is 0. The molecule has 2 rings (SSSR count). The van der Waals surface area contributed by atoms with Crippen molar-refractivity contribution < 1.29 is 0 Å². The van der Waals surface area contributed by atoms with Crippen molar-refractivity contribution in [2.24, 2.45) is 0 Å². The van der Waals surface area contributed by atoms with Crippen LogP contribution in [0.5, 0.6) is 0 Å². The van der Waals surface area contributed by atoms with Crippen LogP contribution in [0.25, 0.3) is 0 Å². The molecule has 0 N–H and O–H groups in total. The summed E-state index contributed by atoms with van der Waals surface area (Å²) in [6.07, 6.45) is 4.00. The molecular formula is C20H28. The number of hydrogen-bond acceptors (Lipinski definition) is 0. The molecule has 0 amide bonds. The van der Waals surface area contributed by atoms with Gasteiger partial charge in [-0.3, -0.25) is 0 Å². The van der Waals surface area contributed by atoms with E-state index in [1.807, 2.05) is 50.3 Å². The van der Waals surface area contributed by atoms with Crippen molar-refractivity contribution in [1.29, 1.82) is 0 Å². The first-order valence-corrected chi connectivity index (χ1v) is 7.25. The van der Waals surface area contributed by atoms with E-state index in [1.165, 1.54) is 11.1 Å². The Morgan fingerprint density at radius 3 is 1.30 bits per heavy atom. The molecule has 0 heterocycles. The third-order valence-corrected chi connectivity index (χ3v) is 2.74. The third kappa shape index (κ3) is 10.1. The zero-order valence-corrected chi connectivity index (χ0v) is 13.5. The van der Waals surface area contributed by atoms with Gasteiger partial charge in [0.15, 0.2) is 0 Å². The van der Waals surface area contributed by atoms with E-state index in [0.717, 1.165) is 0 Å². The van der Waals surface area contributed by atoms with Crippen LogP contribution in [0.15, 0.2) is 72.8 Å². The lowest BCUT2D eigenvalue weighted by Crippen LogP contribution is -1.83. The minimum atomic E-state index is 0.659. The SMILES string of the molecule is CC(C)c1ccccc1.CC=CC.Cc1ccccc1. The van der Waals surface area contributed by atoms with Crippen molar-refractivity contribution in [3.63, 3.8) is 0 Å². The molecule has 0 unspecified atom stereocenters. The maximum absolute atomic E-state index is 2.20. The van der Waals surface area contributed by atoms with Gasteiger partial charge in [-0.1, -0.05) is 92.2 Å². The fourth-order valence-electron chi connectivity index (χ4n) is 1.37. The van der Waals surface area contributed by atoms with Crippen molar-refractivity contribution in [2.75, 3.05) is 0 Å². The van der Waals surface area contributed by atoms with Crippen molar-refractivity contribution in [2.45, 2.75) is 40.5 Å². The van der Waals surface area contributed by atoms with Crippen LogP contribution in [0.1, 0.15) is 44.7 Å². The molecular weight excluding hydrogens is 240 g/mol. The van der Waals surface area contributed by atoms with Gasteiger partial charge in [0.25, 0.3) is 0 Å². The van der Waals surface area contributed by atoms with Gasteiger partial charge in [-0.2, -0.15) is 0 Å². The molecule has 20 heavy (non-hydrogen) atoms. The van der Waals surface area contributed by atoms with Crippen LogP contribution >= 0.6 is 0 Å². The molecule has 0 saturated carbocycles. The molecule has 2 aromatic rings. The van der Waals surface area contributed by atoms with Crippen LogP contribution < -0.4 is 0 Å². The fourth-order valence-corrected chi connectivity index (χ4v) is 1.37. The Labute approximate surface area is 125 Å². The van der Waals surface area contributed by atoms with Gasteiger partial charge in [-0.05, 0) is 32.3 Å². The number of allylic oxidation sites excluding steroid dienone is 2. The van der Waals surface area contributed by atoms with Crippen LogP contribution in [0.4, 0.5) is 0 Å². The van der Waals surface area contributed by atoms with Gasteiger partial charge in [0.1, 0.15) is 0 Å². The summed E-state index contributed by atoms with van der Waals surface area (Å²) in [5.41, 5.74) is 2.74. The van der Waals surface area contributed by atoms with E-state index >= 15 is 0 Å².